The number of hydrogen-bond acceptors (Lipinski definition) is 3. The van der Waals surface area contributed by atoms with Crippen LogP contribution >= 0.6 is 0 Å². The van der Waals surface area contributed by atoms with Crippen LogP contribution in [0.15, 0.2) is 0 Å². The van der Waals surface area contributed by atoms with Gasteiger partial charge in [-0.25, -0.2) is 0 Å². The smallest absolute Gasteiger partial charge is 0.242 e. The first-order valence-electron chi connectivity index (χ1n) is 21.2. The molecule has 0 saturated heterocycles. The van der Waals surface area contributed by atoms with Crippen molar-refractivity contribution in [3.8, 4) is 0 Å². The molecule has 0 heterocycles. The lowest BCUT2D eigenvalue weighted by molar-refractivity contribution is -0.129. The Hall–Kier alpha value is -1.79. The SMILES string of the molecule is CCCCCCCCCCCCCCCCCCCCCC(=O)NC(CCCCNC(=N)N)C(=O)NCCCCCCCCCCCC. The van der Waals surface area contributed by atoms with Gasteiger partial charge in [0.2, 0.25) is 11.8 Å². The topological polar surface area (TPSA) is 120 Å². The van der Waals surface area contributed by atoms with E-state index in [9.17, 15) is 9.59 Å². The molecule has 0 aliphatic heterocycles. The molecule has 7 heteroatoms. The number of hydrogen-bond donors (Lipinski definition) is 5. The number of carbonyl (C=O) groups is 2. The normalized spacial score (nSPS) is 11.8. The summed E-state index contributed by atoms with van der Waals surface area (Å²) in [7, 11) is 0. The molecule has 0 aliphatic rings. The van der Waals surface area contributed by atoms with Crippen molar-refractivity contribution in [2.45, 2.75) is 232 Å². The molecule has 0 spiro atoms. The van der Waals surface area contributed by atoms with E-state index in [2.05, 4.69) is 29.8 Å². The molecule has 2 amide bonds. The Morgan fingerprint density at radius 1 is 0.479 bits per heavy atom. The average Bonchev–Trinajstić information content (AvgIpc) is 3.07. The lowest BCUT2D eigenvalue weighted by atomic mass is 10.0. The summed E-state index contributed by atoms with van der Waals surface area (Å²) in [6.45, 7) is 5.82. The van der Waals surface area contributed by atoms with Gasteiger partial charge in [-0.2, -0.15) is 0 Å². The maximum Gasteiger partial charge on any atom is 0.242 e. The van der Waals surface area contributed by atoms with Crippen LogP contribution in [0.2, 0.25) is 0 Å². The molecule has 0 aromatic carbocycles. The van der Waals surface area contributed by atoms with Gasteiger partial charge < -0.3 is 21.7 Å². The molecule has 0 aromatic rings. The lowest BCUT2D eigenvalue weighted by Gasteiger charge is -2.19. The van der Waals surface area contributed by atoms with E-state index in [-0.39, 0.29) is 17.8 Å². The van der Waals surface area contributed by atoms with Crippen LogP contribution in [0.5, 0.6) is 0 Å². The van der Waals surface area contributed by atoms with E-state index in [4.69, 9.17) is 11.1 Å². The van der Waals surface area contributed by atoms with Crippen LogP contribution in [0.25, 0.3) is 0 Å². The van der Waals surface area contributed by atoms with E-state index < -0.39 is 6.04 Å². The molecule has 284 valence electrons. The molecule has 6 N–H and O–H groups in total. The lowest BCUT2D eigenvalue weighted by Crippen LogP contribution is -2.47. The first-order chi connectivity index (χ1) is 23.5. The monoisotopic (exact) mass is 678 g/mol. The van der Waals surface area contributed by atoms with Crippen LogP contribution in [0, 0.1) is 5.41 Å². The Balaban J connectivity index is 3.94. The van der Waals surface area contributed by atoms with Gasteiger partial charge in [0.05, 0.1) is 0 Å². The van der Waals surface area contributed by atoms with Crippen LogP contribution in [0.3, 0.4) is 0 Å². The summed E-state index contributed by atoms with van der Waals surface area (Å²) in [5, 5.41) is 16.2. The average molecular weight is 678 g/mol. The minimum Gasteiger partial charge on any atom is -0.370 e. The van der Waals surface area contributed by atoms with Crippen molar-refractivity contribution in [2.75, 3.05) is 13.1 Å². The van der Waals surface area contributed by atoms with E-state index >= 15 is 0 Å². The Labute approximate surface area is 298 Å². The summed E-state index contributed by atoms with van der Waals surface area (Å²) in [6, 6.07) is -0.488. The quantitative estimate of drug-likeness (QED) is 0.0254. The third-order valence-electron chi connectivity index (χ3n) is 9.72. The molecule has 1 unspecified atom stereocenters. The number of amides is 2. The molecule has 0 radical (unpaired) electrons. The molecule has 0 aromatic heterocycles. The minimum absolute atomic E-state index is 0.0112. The van der Waals surface area contributed by atoms with Gasteiger partial charge in [0.15, 0.2) is 5.96 Å². The summed E-state index contributed by atoms with van der Waals surface area (Å²) >= 11 is 0. The zero-order valence-electron chi connectivity index (χ0n) is 32.2. The van der Waals surface area contributed by atoms with Gasteiger partial charge in [0.1, 0.15) is 6.04 Å². The number of unbranched alkanes of at least 4 members (excludes halogenated alkanes) is 28. The second-order valence-electron chi connectivity index (χ2n) is 14.5. The van der Waals surface area contributed by atoms with E-state index in [1.165, 1.54) is 161 Å². The number of rotatable bonds is 38. The highest BCUT2D eigenvalue weighted by molar-refractivity contribution is 5.87. The fraction of sp³-hybridized carbons (Fsp3) is 0.927. The van der Waals surface area contributed by atoms with Gasteiger partial charge >= 0.3 is 0 Å². The van der Waals surface area contributed by atoms with Crippen molar-refractivity contribution < 1.29 is 9.59 Å². The predicted molar refractivity (Wildman–Crippen MR) is 209 cm³/mol. The molecule has 7 nitrogen and oxygen atoms in total. The summed E-state index contributed by atoms with van der Waals surface area (Å²) in [6.07, 6.45) is 40.8. The van der Waals surface area contributed by atoms with Crippen LogP contribution in [-0.2, 0) is 9.59 Å². The van der Waals surface area contributed by atoms with Crippen molar-refractivity contribution in [3.63, 3.8) is 0 Å². The first-order valence-corrected chi connectivity index (χ1v) is 21.2. The Morgan fingerprint density at radius 3 is 1.21 bits per heavy atom. The summed E-state index contributed by atoms with van der Waals surface area (Å²) in [4.78, 5) is 25.7. The van der Waals surface area contributed by atoms with Crippen molar-refractivity contribution in [3.05, 3.63) is 0 Å². The fourth-order valence-electron chi connectivity index (χ4n) is 6.54. The summed E-state index contributed by atoms with van der Waals surface area (Å²) < 4.78 is 0. The van der Waals surface area contributed by atoms with Crippen molar-refractivity contribution in [2.24, 2.45) is 5.73 Å². The zero-order chi connectivity index (χ0) is 35.2. The molecule has 48 heavy (non-hydrogen) atoms. The molecule has 0 aliphatic carbocycles. The van der Waals surface area contributed by atoms with Crippen LogP contribution < -0.4 is 21.7 Å². The second-order valence-corrected chi connectivity index (χ2v) is 14.5. The van der Waals surface area contributed by atoms with Gasteiger partial charge in [0.25, 0.3) is 0 Å². The molecular weight excluding hydrogens is 594 g/mol. The van der Waals surface area contributed by atoms with Crippen molar-refractivity contribution in [1.29, 1.82) is 5.41 Å². The van der Waals surface area contributed by atoms with Crippen molar-refractivity contribution in [1.82, 2.24) is 16.0 Å². The highest BCUT2D eigenvalue weighted by atomic mass is 16.2. The number of nitrogens with two attached hydrogens (primary N) is 1. The third kappa shape index (κ3) is 35.5. The van der Waals surface area contributed by atoms with Gasteiger partial charge in [-0.15, -0.1) is 0 Å². The van der Waals surface area contributed by atoms with Gasteiger partial charge in [-0.1, -0.05) is 187 Å². The summed E-state index contributed by atoms with van der Waals surface area (Å²) in [5.74, 6) is -0.108. The standard InChI is InChI=1S/C41H83N5O2/c1-3-5-7-9-11-13-15-16-17-18-19-20-21-22-23-24-26-28-30-35-39(47)46-38(34-31-33-37-45-41(42)43)40(48)44-36-32-29-27-25-14-12-10-8-6-4-2/h38H,3-37H2,1-2H3,(H,44,48)(H,46,47)(H4,42,43,45). The van der Waals surface area contributed by atoms with Gasteiger partial charge in [-0.3, -0.25) is 15.0 Å². The predicted octanol–water partition coefficient (Wildman–Crippen LogP) is 11.0. The number of carbonyl (C=O) groups excluding carboxylic acids is 2. The first kappa shape index (κ1) is 46.2. The molecule has 0 bridgehead atoms. The molecule has 0 fully saturated rings. The number of guanidine groups is 1. The van der Waals surface area contributed by atoms with E-state index in [0.717, 1.165) is 38.5 Å². The Morgan fingerprint density at radius 2 is 0.812 bits per heavy atom. The molecule has 0 saturated carbocycles. The minimum atomic E-state index is -0.488. The van der Waals surface area contributed by atoms with E-state index in [1.54, 1.807) is 0 Å². The van der Waals surface area contributed by atoms with Gasteiger partial charge in [0, 0.05) is 19.5 Å². The van der Waals surface area contributed by atoms with Crippen LogP contribution in [0.1, 0.15) is 226 Å². The van der Waals surface area contributed by atoms with Crippen LogP contribution in [0.4, 0.5) is 0 Å². The highest BCUT2D eigenvalue weighted by Gasteiger charge is 2.20. The second kappa shape index (κ2) is 38.0. The maximum absolute atomic E-state index is 13.0. The molecule has 1 atom stereocenters. The summed E-state index contributed by atoms with van der Waals surface area (Å²) in [5.41, 5.74) is 5.37. The van der Waals surface area contributed by atoms with Gasteiger partial charge in [-0.05, 0) is 32.1 Å². The largest absolute Gasteiger partial charge is 0.370 e. The Kier molecular flexibility index (Phi) is 36.6. The van der Waals surface area contributed by atoms with E-state index in [1.807, 2.05) is 0 Å². The highest BCUT2D eigenvalue weighted by Crippen LogP contribution is 2.15. The maximum atomic E-state index is 13.0. The van der Waals surface area contributed by atoms with Crippen LogP contribution in [-0.4, -0.2) is 36.9 Å². The molecular formula is C41H83N5O2. The zero-order valence-corrected chi connectivity index (χ0v) is 32.2. The fourth-order valence-corrected chi connectivity index (χ4v) is 6.54. The third-order valence-corrected chi connectivity index (χ3v) is 9.72. The van der Waals surface area contributed by atoms with E-state index in [0.29, 0.717) is 25.9 Å². The number of nitrogens with one attached hydrogen (secondary N) is 4. The van der Waals surface area contributed by atoms with Crippen molar-refractivity contribution >= 4 is 17.8 Å². The Bertz CT molecular complexity index is 717. The molecule has 0 rings (SSSR count).